The molecular weight excluding hydrogens is 236 g/mol. The highest BCUT2D eigenvalue weighted by atomic mass is 16.4. The fourth-order valence-corrected chi connectivity index (χ4v) is 1.20. The van der Waals surface area contributed by atoms with Crippen LogP contribution in [0.25, 0.3) is 6.08 Å². The summed E-state index contributed by atoms with van der Waals surface area (Å²) in [5, 5.41) is 17.7. The molecule has 0 aliphatic rings. The number of hydrogen-bond acceptors (Lipinski definition) is 3. The average molecular weight is 248 g/mol. The number of hydrogen-bond donors (Lipinski definition) is 2. The topological polar surface area (TPSA) is 91.7 Å². The largest absolute Gasteiger partial charge is 0.480 e. The Labute approximate surface area is 103 Å². The van der Waals surface area contributed by atoms with Gasteiger partial charge in [-0.1, -0.05) is 36.4 Å². The quantitative estimate of drug-likeness (QED) is 0.607. The van der Waals surface area contributed by atoms with Gasteiger partial charge in [0.1, 0.15) is 0 Å². The Kier molecular flexibility index (Phi) is 3.99. The van der Waals surface area contributed by atoms with Crippen LogP contribution < -0.4 is 0 Å². The molecular formula is C13H12O5. The maximum Gasteiger partial charge on any atom is 0.328 e. The van der Waals surface area contributed by atoms with Crippen molar-refractivity contribution in [2.24, 2.45) is 5.41 Å². The monoisotopic (exact) mass is 248 g/mol. The molecule has 1 aromatic rings. The number of carboxylic acid groups (broad SMARTS) is 2. The van der Waals surface area contributed by atoms with Gasteiger partial charge >= 0.3 is 11.9 Å². The molecule has 18 heavy (non-hydrogen) atoms. The number of benzene rings is 1. The van der Waals surface area contributed by atoms with E-state index in [-0.39, 0.29) is 0 Å². The van der Waals surface area contributed by atoms with E-state index >= 15 is 0 Å². The minimum Gasteiger partial charge on any atom is -0.480 e. The van der Waals surface area contributed by atoms with Crippen LogP contribution in [0.2, 0.25) is 0 Å². The predicted molar refractivity (Wildman–Crippen MR) is 63.9 cm³/mol. The Bertz CT molecular complexity index is 487. The lowest BCUT2D eigenvalue weighted by molar-refractivity contribution is -0.165. The van der Waals surface area contributed by atoms with Crippen molar-refractivity contribution in [2.75, 3.05) is 0 Å². The molecule has 2 N–H and O–H groups in total. The smallest absolute Gasteiger partial charge is 0.328 e. The number of rotatable bonds is 5. The molecule has 0 radical (unpaired) electrons. The fraction of sp³-hybridized carbons (Fsp3) is 0.154. The number of carbonyl (C=O) groups excluding carboxylic acids is 1. The number of carboxylic acids is 2. The molecule has 5 heteroatoms. The summed E-state index contributed by atoms with van der Waals surface area (Å²) in [7, 11) is 0. The third kappa shape index (κ3) is 2.63. The van der Waals surface area contributed by atoms with Gasteiger partial charge in [-0.15, -0.1) is 0 Å². The van der Waals surface area contributed by atoms with E-state index < -0.39 is 23.1 Å². The molecule has 0 atom stereocenters. The van der Waals surface area contributed by atoms with Crippen molar-refractivity contribution in [3.63, 3.8) is 0 Å². The third-order valence-electron chi connectivity index (χ3n) is 2.57. The summed E-state index contributed by atoms with van der Waals surface area (Å²) >= 11 is 0. The van der Waals surface area contributed by atoms with Gasteiger partial charge in [0.05, 0.1) is 0 Å². The van der Waals surface area contributed by atoms with Crippen molar-refractivity contribution in [2.45, 2.75) is 6.92 Å². The van der Waals surface area contributed by atoms with Crippen LogP contribution in [-0.2, 0) is 14.4 Å². The van der Waals surface area contributed by atoms with Gasteiger partial charge in [-0.05, 0) is 18.6 Å². The minimum atomic E-state index is -2.45. The van der Waals surface area contributed by atoms with E-state index in [4.69, 9.17) is 10.2 Å². The Morgan fingerprint density at radius 1 is 1.06 bits per heavy atom. The highest BCUT2D eigenvalue weighted by Gasteiger charge is 2.47. The van der Waals surface area contributed by atoms with E-state index in [1.807, 2.05) is 0 Å². The van der Waals surface area contributed by atoms with E-state index in [0.717, 1.165) is 13.0 Å². The van der Waals surface area contributed by atoms with E-state index in [9.17, 15) is 14.4 Å². The number of aliphatic carboxylic acids is 2. The van der Waals surface area contributed by atoms with Crippen molar-refractivity contribution in [1.82, 2.24) is 0 Å². The normalized spacial score (nSPS) is 11.4. The molecule has 0 aliphatic heterocycles. The summed E-state index contributed by atoms with van der Waals surface area (Å²) in [5.74, 6) is -4.35. The third-order valence-corrected chi connectivity index (χ3v) is 2.57. The van der Waals surface area contributed by atoms with Crippen molar-refractivity contribution in [1.29, 1.82) is 0 Å². The van der Waals surface area contributed by atoms with Crippen molar-refractivity contribution in [3.8, 4) is 0 Å². The highest BCUT2D eigenvalue weighted by Crippen LogP contribution is 2.20. The van der Waals surface area contributed by atoms with Gasteiger partial charge in [0, 0.05) is 0 Å². The molecule has 5 nitrogen and oxygen atoms in total. The molecule has 0 saturated carbocycles. The average Bonchev–Trinajstić information content (AvgIpc) is 2.35. The Morgan fingerprint density at radius 2 is 1.56 bits per heavy atom. The van der Waals surface area contributed by atoms with Crippen LogP contribution in [0.1, 0.15) is 12.5 Å². The molecule has 0 heterocycles. The van der Waals surface area contributed by atoms with Gasteiger partial charge in [-0.25, -0.2) is 0 Å². The molecule has 1 rings (SSSR count). The van der Waals surface area contributed by atoms with Crippen molar-refractivity contribution < 1.29 is 24.6 Å². The second-order valence-corrected chi connectivity index (χ2v) is 3.84. The molecule has 0 amide bonds. The molecule has 0 unspecified atom stereocenters. The van der Waals surface area contributed by atoms with Crippen LogP contribution in [0.4, 0.5) is 0 Å². The van der Waals surface area contributed by atoms with Crippen molar-refractivity contribution >= 4 is 23.8 Å². The van der Waals surface area contributed by atoms with Gasteiger partial charge < -0.3 is 10.2 Å². The lowest BCUT2D eigenvalue weighted by Gasteiger charge is -2.15. The highest BCUT2D eigenvalue weighted by molar-refractivity contribution is 6.23. The summed E-state index contributed by atoms with van der Waals surface area (Å²) in [5.41, 5.74) is -1.77. The Morgan fingerprint density at radius 3 is 2.00 bits per heavy atom. The predicted octanol–water partition coefficient (Wildman–Crippen LogP) is 1.44. The second kappa shape index (κ2) is 5.27. The first kappa shape index (κ1) is 13.6. The summed E-state index contributed by atoms with van der Waals surface area (Å²) in [4.78, 5) is 33.4. The van der Waals surface area contributed by atoms with Gasteiger partial charge in [0.15, 0.2) is 5.78 Å². The SMILES string of the molecule is CC(C(=O)O)(C(=O)O)C(=O)/C=C/c1ccccc1. The lowest BCUT2D eigenvalue weighted by Crippen LogP contribution is -2.42. The zero-order valence-corrected chi connectivity index (χ0v) is 9.66. The lowest BCUT2D eigenvalue weighted by atomic mass is 9.85. The van der Waals surface area contributed by atoms with E-state index in [1.165, 1.54) is 6.08 Å². The van der Waals surface area contributed by atoms with Crippen molar-refractivity contribution in [3.05, 3.63) is 42.0 Å². The molecule has 0 aromatic heterocycles. The molecule has 0 saturated heterocycles. The zero-order chi connectivity index (χ0) is 13.8. The first-order chi connectivity index (χ1) is 8.39. The summed E-state index contributed by atoms with van der Waals surface area (Å²) in [6.07, 6.45) is 2.35. The van der Waals surface area contributed by atoms with Crippen LogP contribution in [0.5, 0.6) is 0 Å². The summed E-state index contributed by atoms with van der Waals surface area (Å²) < 4.78 is 0. The maximum absolute atomic E-state index is 11.7. The number of allylic oxidation sites excluding steroid dienone is 1. The maximum atomic E-state index is 11.7. The van der Waals surface area contributed by atoms with Gasteiger partial charge in [-0.2, -0.15) is 0 Å². The molecule has 0 bridgehead atoms. The number of carbonyl (C=O) groups is 3. The standard InChI is InChI=1S/C13H12O5/c1-13(11(15)16,12(17)18)10(14)8-7-9-5-3-2-4-6-9/h2-8H,1H3,(H,15,16)(H,17,18)/b8-7+. The Balaban J connectivity index is 2.98. The minimum absolute atomic E-state index is 0.684. The van der Waals surface area contributed by atoms with Crippen LogP contribution in [0.3, 0.4) is 0 Å². The summed E-state index contributed by atoms with van der Waals surface area (Å²) in [6.45, 7) is 0.870. The fourth-order valence-electron chi connectivity index (χ4n) is 1.20. The Hall–Kier alpha value is -2.43. The van der Waals surface area contributed by atoms with Crippen LogP contribution in [0.15, 0.2) is 36.4 Å². The summed E-state index contributed by atoms with van der Waals surface area (Å²) in [6, 6.07) is 8.71. The van der Waals surface area contributed by atoms with Crippen LogP contribution in [-0.4, -0.2) is 27.9 Å². The van der Waals surface area contributed by atoms with Gasteiger partial charge in [-0.3, -0.25) is 14.4 Å². The van der Waals surface area contributed by atoms with E-state index in [2.05, 4.69) is 0 Å². The van der Waals surface area contributed by atoms with E-state index in [1.54, 1.807) is 30.3 Å². The van der Waals surface area contributed by atoms with Gasteiger partial charge in [0.2, 0.25) is 5.41 Å². The first-order valence-electron chi connectivity index (χ1n) is 5.13. The van der Waals surface area contributed by atoms with E-state index in [0.29, 0.717) is 5.56 Å². The number of ketones is 1. The van der Waals surface area contributed by atoms with Crippen LogP contribution >= 0.6 is 0 Å². The van der Waals surface area contributed by atoms with Gasteiger partial charge in [0.25, 0.3) is 0 Å². The molecule has 0 aliphatic carbocycles. The molecule has 1 aromatic carbocycles. The molecule has 0 fully saturated rings. The first-order valence-corrected chi connectivity index (χ1v) is 5.13. The molecule has 94 valence electrons. The van der Waals surface area contributed by atoms with Crippen LogP contribution in [0, 0.1) is 5.41 Å². The second-order valence-electron chi connectivity index (χ2n) is 3.84. The molecule has 0 spiro atoms. The zero-order valence-electron chi connectivity index (χ0n) is 9.66.